The third-order valence-electron chi connectivity index (χ3n) is 2.13. The summed E-state index contributed by atoms with van der Waals surface area (Å²) in [5, 5.41) is 4.45. The Labute approximate surface area is 112 Å². The van der Waals surface area contributed by atoms with Gasteiger partial charge in [-0.15, -0.1) is 11.3 Å². The van der Waals surface area contributed by atoms with Crippen molar-refractivity contribution in [3.63, 3.8) is 0 Å². The summed E-state index contributed by atoms with van der Waals surface area (Å²) in [7, 11) is 1.31. The first-order chi connectivity index (χ1) is 7.97. The number of esters is 1. The number of thiophene rings is 1. The van der Waals surface area contributed by atoms with Crippen LogP contribution in [0.4, 0.5) is 5.69 Å². The maximum atomic E-state index is 11.8. The van der Waals surface area contributed by atoms with Crippen LogP contribution in [-0.4, -0.2) is 23.8 Å². The van der Waals surface area contributed by atoms with Gasteiger partial charge in [0.1, 0.15) is 4.88 Å². The third-order valence-corrected chi connectivity index (χ3v) is 4.50. The number of ether oxygens (including phenoxy) is 1. The van der Waals surface area contributed by atoms with Gasteiger partial charge >= 0.3 is 5.97 Å². The van der Waals surface area contributed by atoms with E-state index in [9.17, 15) is 9.59 Å². The molecule has 0 aliphatic rings. The minimum absolute atomic E-state index is 0.163. The molecule has 6 heteroatoms. The molecule has 0 aliphatic heterocycles. The molecule has 0 saturated carbocycles. The summed E-state index contributed by atoms with van der Waals surface area (Å²) in [4.78, 5) is 23.3. The van der Waals surface area contributed by atoms with Crippen molar-refractivity contribution in [2.24, 2.45) is 5.92 Å². The number of halogens is 1. The Morgan fingerprint density at radius 3 is 2.65 bits per heavy atom. The lowest BCUT2D eigenvalue weighted by molar-refractivity contribution is -0.116. The molecule has 1 amide bonds. The topological polar surface area (TPSA) is 55.4 Å². The Kier molecular flexibility index (Phi) is 5.14. The van der Waals surface area contributed by atoms with E-state index >= 15 is 0 Å². The van der Waals surface area contributed by atoms with Crippen molar-refractivity contribution >= 4 is 44.8 Å². The summed E-state index contributed by atoms with van der Waals surface area (Å²) in [6.07, 6.45) is 0. The molecular weight excluding hydrogens is 306 g/mol. The molecule has 1 rings (SSSR count). The summed E-state index contributed by atoms with van der Waals surface area (Å²) in [5.74, 6) is -0.426. The van der Waals surface area contributed by atoms with E-state index in [1.54, 1.807) is 11.4 Å². The molecule has 1 unspecified atom stereocenters. The lowest BCUT2D eigenvalue weighted by Crippen LogP contribution is -2.27. The Hall–Kier alpha value is -0.880. The summed E-state index contributed by atoms with van der Waals surface area (Å²) >= 11 is 4.55. The van der Waals surface area contributed by atoms with Crippen molar-refractivity contribution in [2.45, 2.75) is 18.7 Å². The van der Waals surface area contributed by atoms with Crippen molar-refractivity contribution in [3.05, 3.63) is 16.3 Å². The van der Waals surface area contributed by atoms with Crippen LogP contribution in [0.25, 0.3) is 0 Å². The number of hydrogen-bond acceptors (Lipinski definition) is 4. The number of alkyl halides is 1. The highest BCUT2D eigenvalue weighted by molar-refractivity contribution is 9.10. The first-order valence-electron chi connectivity index (χ1n) is 5.08. The number of rotatable bonds is 4. The Bertz CT molecular complexity index is 417. The summed E-state index contributed by atoms with van der Waals surface area (Å²) in [5.41, 5.74) is 0.497. The third kappa shape index (κ3) is 3.54. The molecule has 0 aliphatic carbocycles. The van der Waals surface area contributed by atoms with E-state index < -0.39 is 5.97 Å². The standard InChI is InChI=1S/C11H14BrNO3S/c1-6(2)8(12)10(14)13-7-4-5-17-9(7)11(15)16-3/h4-6,8H,1-3H3,(H,13,14). The molecule has 1 heterocycles. The van der Waals surface area contributed by atoms with Gasteiger partial charge in [0.25, 0.3) is 0 Å². The molecular formula is C11H14BrNO3S. The molecule has 0 spiro atoms. The Morgan fingerprint density at radius 2 is 2.12 bits per heavy atom. The second-order valence-electron chi connectivity index (χ2n) is 3.79. The van der Waals surface area contributed by atoms with E-state index in [4.69, 9.17) is 0 Å². The van der Waals surface area contributed by atoms with Crippen molar-refractivity contribution in [1.82, 2.24) is 0 Å². The average molecular weight is 320 g/mol. The van der Waals surface area contributed by atoms with E-state index in [1.165, 1.54) is 18.4 Å². The molecule has 17 heavy (non-hydrogen) atoms. The number of methoxy groups -OCH3 is 1. The lowest BCUT2D eigenvalue weighted by atomic mass is 10.1. The highest BCUT2D eigenvalue weighted by Gasteiger charge is 2.21. The fraction of sp³-hybridized carbons (Fsp3) is 0.455. The SMILES string of the molecule is COC(=O)c1sccc1NC(=O)C(Br)C(C)C. The van der Waals surface area contributed by atoms with Crippen molar-refractivity contribution in [1.29, 1.82) is 0 Å². The number of carbonyl (C=O) groups excluding carboxylic acids is 2. The fourth-order valence-corrected chi connectivity index (χ4v) is 2.04. The molecule has 1 N–H and O–H groups in total. The van der Waals surface area contributed by atoms with Gasteiger partial charge in [0.2, 0.25) is 5.91 Å². The second kappa shape index (κ2) is 6.16. The quantitative estimate of drug-likeness (QED) is 0.685. The van der Waals surface area contributed by atoms with Crippen molar-refractivity contribution in [2.75, 3.05) is 12.4 Å². The molecule has 1 atom stereocenters. The lowest BCUT2D eigenvalue weighted by Gasteiger charge is -2.13. The highest BCUT2D eigenvalue weighted by Crippen LogP contribution is 2.24. The molecule has 0 bridgehead atoms. The van der Waals surface area contributed by atoms with Crippen LogP contribution in [0.3, 0.4) is 0 Å². The van der Waals surface area contributed by atoms with Gasteiger partial charge in [-0.25, -0.2) is 4.79 Å². The Morgan fingerprint density at radius 1 is 1.47 bits per heavy atom. The normalized spacial score (nSPS) is 12.3. The molecule has 1 aromatic heterocycles. The first-order valence-corrected chi connectivity index (χ1v) is 6.87. The van der Waals surface area contributed by atoms with Crippen LogP contribution in [0.15, 0.2) is 11.4 Å². The molecule has 94 valence electrons. The van der Waals surface area contributed by atoms with Gasteiger partial charge in [-0.1, -0.05) is 29.8 Å². The summed E-state index contributed by atoms with van der Waals surface area (Å²) in [6.45, 7) is 3.88. The van der Waals surface area contributed by atoms with Crippen LogP contribution in [0, 0.1) is 5.92 Å². The molecule has 0 fully saturated rings. The molecule has 0 aromatic carbocycles. The fourth-order valence-electron chi connectivity index (χ4n) is 1.16. The van der Waals surface area contributed by atoms with Gasteiger partial charge < -0.3 is 10.1 Å². The minimum atomic E-state index is -0.439. The van der Waals surface area contributed by atoms with E-state index in [1.807, 2.05) is 13.8 Å². The van der Waals surface area contributed by atoms with E-state index in [2.05, 4.69) is 26.0 Å². The average Bonchev–Trinajstić information content (AvgIpc) is 2.74. The van der Waals surface area contributed by atoms with E-state index in [0.717, 1.165) is 0 Å². The molecule has 0 saturated heterocycles. The maximum absolute atomic E-state index is 11.8. The van der Waals surface area contributed by atoms with Crippen molar-refractivity contribution < 1.29 is 14.3 Å². The van der Waals surface area contributed by atoms with Gasteiger partial charge in [0.05, 0.1) is 17.6 Å². The van der Waals surface area contributed by atoms with Gasteiger partial charge in [-0.2, -0.15) is 0 Å². The number of anilines is 1. The first kappa shape index (κ1) is 14.2. The summed E-state index contributed by atoms with van der Waals surface area (Å²) in [6, 6.07) is 1.69. The van der Waals surface area contributed by atoms with Gasteiger partial charge in [0, 0.05) is 0 Å². The van der Waals surface area contributed by atoms with Crippen LogP contribution in [0.5, 0.6) is 0 Å². The number of amides is 1. The number of hydrogen-bond donors (Lipinski definition) is 1. The van der Waals surface area contributed by atoms with E-state index in [-0.39, 0.29) is 16.7 Å². The summed E-state index contributed by atoms with van der Waals surface area (Å²) < 4.78 is 4.63. The number of nitrogens with one attached hydrogen (secondary N) is 1. The minimum Gasteiger partial charge on any atom is -0.465 e. The van der Waals surface area contributed by atoms with Crippen molar-refractivity contribution in [3.8, 4) is 0 Å². The second-order valence-corrected chi connectivity index (χ2v) is 5.69. The van der Waals surface area contributed by atoms with Gasteiger partial charge in [-0.3, -0.25) is 4.79 Å². The van der Waals surface area contributed by atoms with Crippen LogP contribution in [-0.2, 0) is 9.53 Å². The molecule has 1 aromatic rings. The largest absolute Gasteiger partial charge is 0.465 e. The predicted molar refractivity (Wildman–Crippen MR) is 71.8 cm³/mol. The predicted octanol–water partition coefficient (Wildman–Crippen LogP) is 2.89. The van der Waals surface area contributed by atoms with Crippen LogP contribution >= 0.6 is 27.3 Å². The van der Waals surface area contributed by atoms with Gasteiger partial charge in [-0.05, 0) is 17.4 Å². The zero-order chi connectivity index (χ0) is 13.0. The molecule has 4 nitrogen and oxygen atoms in total. The van der Waals surface area contributed by atoms with Crippen LogP contribution in [0.2, 0.25) is 0 Å². The van der Waals surface area contributed by atoms with E-state index in [0.29, 0.717) is 10.6 Å². The zero-order valence-corrected chi connectivity index (χ0v) is 12.2. The maximum Gasteiger partial charge on any atom is 0.350 e. The van der Waals surface area contributed by atoms with Gasteiger partial charge in [0.15, 0.2) is 0 Å². The zero-order valence-electron chi connectivity index (χ0n) is 9.82. The van der Waals surface area contributed by atoms with Crippen LogP contribution < -0.4 is 5.32 Å². The Balaban J connectivity index is 2.79. The monoisotopic (exact) mass is 319 g/mol. The molecule has 0 radical (unpaired) electrons. The smallest absolute Gasteiger partial charge is 0.350 e. The van der Waals surface area contributed by atoms with Crippen LogP contribution in [0.1, 0.15) is 23.5 Å². The highest BCUT2D eigenvalue weighted by atomic mass is 79.9. The number of carbonyl (C=O) groups is 2.